The normalized spacial score (nSPS) is 19.7. The Hall–Kier alpha value is -2.27. The Labute approximate surface area is 166 Å². The lowest BCUT2D eigenvalue weighted by molar-refractivity contribution is 0.0959. The zero-order valence-electron chi connectivity index (χ0n) is 16.1. The lowest BCUT2D eigenvalue weighted by Crippen LogP contribution is -2.30. The fourth-order valence-electron chi connectivity index (χ4n) is 4.39. The van der Waals surface area contributed by atoms with E-state index in [0.29, 0.717) is 17.5 Å². The van der Waals surface area contributed by atoms with Gasteiger partial charge in [0.25, 0.3) is 0 Å². The molecule has 1 fully saturated rings. The first-order chi connectivity index (χ1) is 13.7. The second-order valence-electron chi connectivity index (χ2n) is 7.86. The number of benzene rings is 2. The summed E-state index contributed by atoms with van der Waals surface area (Å²) in [5.41, 5.74) is 5.80. The van der Waals surface area contributed by atoms with Crippen molar-refractivity contribution in [2.24, 2.45) is 5.92 Å². The molecule has 1 aliphatic heterocycles. The second-order valence-corrected chi connectivity index (χ2v) is 7.86. The number of Topliss-reactive ketones (excluding diaryl/α,β-unsaturated/α-hetero) is 1. The summed E-state index contributed by atoms with van der Waals surface area (Å²) in [4.78, 5) is 15.3. The number of hydrogen-bond donors (Lipinski definition) is 2. The molecule has 1 aliphatic carbocycles. The lowest BCUT2D eigenvalue weighted by Gasteiger charge is -2.28. The maximum atomic E-state index is 12.8. The fourth-order valence-corrected chi connectivity index (χ4v) is 4.39. The average Bonchev–Trinajstić information content (AvgIpc) is 3.03. The molecule has 4 nitrogen and oxygen atoms in total. The minimum atomic E-state index is -0.153. The number of aliphatic hydroxyl groups excluding tert-OH is 2. The summed E-state index contributed by atoms with van der Waals surface area (Å²) >= 11 is 0. The molecule has 28 heavy (non-hydrogen) atoms. The van der Waals surface area contributed by atoms with Crippen LogP contribution >= 0.6 is 0 Å². The number of hydrogen-bond acceptors (Lipinski definition) is 4. The fraction of sp³-hybridized carbons (Fsp3) is 0.375. The van der Waals surface area contributed by atoms with Crippen LogP contribution in [0, 0.1) is 5.92 Å². The summed E-state index contributed by atoms with van der Waals surface area (Å²) in [6, 6.07) is 14.2. The minimum Gasteiger partial charge on any atom is -0.392 e. The van der Waals surface area contributed by atoms with Gasteiger partial charge >= 0.3 is 0 Å². The van der Waals surface area contributed by atoms with Crippen molar-refractivity contribution >= 4 is 5.78 Å². The van der Waals surface area contributed by atoms with E-state index in [1.54, 1.807) is 6.07 Å². The van der Waals surface area contributed by atoms with Gasteiger partial charge in [-0.05, 0) is 47.6 Å². The Kier molecular flexibility index (Phi) is 5.72. The van der Waals surface area contributed by atoms with Crippen molar-refractivity contribution < 1.29 is 15.0 Å². The molecule has 2 aliphatic rings. The highest BCUT2D eigenvalue weighted by molar-refractivity contribution is 6.03. The van der Waals surface area contributed by atoms with Gasteiger partial charge in [-0.15, -0.1) is 0 Å². The third-order valence-corrected chi connectivity index (χ3v) is 5.99. The highest BCUT2D eigenvalue weighted by atomic mass is 16.3. The molecule has 0 bridgehead atoms. The van der Waals surface area contributed by atoms with Gasteiger partial charge in [0.2, 0.25) is 0 Å². The molecule has 0 spiro atoms. The van der Waals surface area contributed by atoms with Crippen LogP contribution in [0.3, 0.4) is 0 Å². The molecule has 0 saturated carbocycles. The minimum absolute atomic E-state index is 0.105. The van der Waals surface area contributed by atoms with Crippen LogP contribution in [0.2, 0.25) is 0 Å². The van der Waals surface area contributed by atoms with Crippen LogP contribution in [0.15, 0.2) is 54.1 Å². The highest BCUT2D eigenvalue weighted by Gasteiger charge is 2.30. The van der Waals surface area contributed by atoms with Gasteiger partial charge in [0.1, 0.15) is 0 Å². The first-order valence-electron chi connectivity index (χ1n) is 10.0. The van der Waals surface area contributed by atoms with Gasteiger partial charge < -0.3 is 10.2 Å². The first-order valence-corrected chi connectivity index (χ1v) is 10.0. The average molecular weight is 377 g/mol. The van der Waals surface area contributed by atoms with Crippen LogP contribution in [0.4, 0.5) is 0 Å². The smallest absolute Gasteiger partial charge is 0.170 e. The third kappa shape index (κ3) is 3.95. The lowest BCUT2D eigenvalue weighted by atomic mass is 9.95. The largest absolute Gasteiger partial charge is 0.392 e. The first kappa shape index (κ1) is 19.1. The Morgan fingerprint density at radius 3 is 2.36 bits per heavy atom. The molecule has 1 saturated heterocycles. The molecule has 1 atom stereocenters. The van der Waals surface area contributed by atoms with Gasteiger partial charge in [0.15, 0.2) is 5.78 Å². The predicted molar refractivity (Wildman–Crippen MR) is 109 cm³/mol. The van der Waals surface area contributed by atoms with Crippen molar-refractivity contribution in [2.75, 3.05) is 13.1 Å². The number of carbonyl (C=O) groups excluding carboxylic acids is 1. The molecule has 0 aromatic heterocycles. The van der Waals surface area contributed by atoms with Gasteiger partial charge in [-0.3, -0.25) is 9.69 Å². The molecule has 0 amide bonds. The van der Waals surface area contributed by atoms with Crippen molar-refractivity contribution in [1.82, 2.24) is 4.90 Å². The molecule has 4 heteroatoms. The van der Waals surface area contributed by atoms with Crippen molar-refractivity contribution in [1.29, 1.82) is 0 Å². The zero-order chi connectivity index (χ0) is 19.5. The standard InChI is InChI=1S/C24H27NO3/c26-15-21-12-19-11-20(24(28)23(19)13-22(21)16-27)10-17-6-8-25(9-7-17)14-18-4-2-1-3-5-18/h1-5,10,12-13,20,26-27H,6-9,11,14-16H2. The number of fused-ring (bicyclic) bond motifs is 1. The van der Waals surface area contributed by atoms with E-state index < -0.39 is 0 Å². The van der Waals surface area contributed by atoms with E-state index in [2.05, 4.69) is 35.2 Å². The summed E-state index contributed by atoms with van der Waals surface area (Å²) in [5, 5.41) is 19.0. The van der Waals surface area contributed by atoms with Crippen molar-refractivity contribution in [3.8, 4) is 0 Å². The van der Waals surface area contributed by atoms with E-state index in [9.17, 15) is 15.0 Å². The summed E-state index contributed by atoms with van der Waals surface area (Å²) in [5.74, 6) is 0.0413. The number of rotatable bonds is 5. The van der Waals surface area contributed by atoms with Gasteiger partial charge in [-0.1, -0.05) is 48.0 Å². The van der Waals surface area contributed by atoms with Gasteiger partial charge in [-0.2, -0.15) is 0 Å². The van der Waals surface area contributed by atoms with Crippen LogP contribution < -0.4 is 0 Å². The van der Waals surface area contributed by atoms with Crippen molar-refractivity contribution in [3.05, 3.63) is 81.9 Å². The number of nitrogens with zero attached hydrogens (tertiary/aromatic N) is 1. The molecule has 4 rings (SSSR count). The SMILES string of the molecule is O=C1c2cc(CO)c(CO)cc2CC1C=C1CCN(Cc2ccccc2)CC1. The maximum absolute atomic E-state index is 12.8. The molecule has 0 radical (unpaired) electrons. The topological polar surface area (TPSA) is 60.8 Å². The molecule has 1 heterocycles. The monoisotopic (exact) mass is 377 g/mol. The molecule has 2 N–H and O–H groups in total. The number of allylic oxidation sites excluding steroid dienone is 1. The Morgan fingerprint density at radius 2 is 1.68 bits per heavy atom. The summed E-state index contributed by atoms with van der Waals surface area (Å²) in [6.07, 6.45) is 4.90. The van der Waals surface area contributed by atoms with Gasteiger partial charge in [0, 0.05) is 31.1 Å². The second kappa shape index (κ2) is 8.39. The van der Waals surface area contributed by atoms with Crippen molar-refractivity contribution in [3.63, 3.8) is 0 Å². The van der Waals surface area contributed by atoms with E-state index in [0.717, 1.165) is 43.6 Å². The van der Waals surface area contributed by atoms with Crippen molar-refractivity contribution in [2.45, 2.75) is 39.0 Å². The molecular weight excluding hydrogens is 350 g/mol. The summed E-state index contributed by atoms with van der Waals surface area (Å²) in [6.45, 7) is 2.77. The Bertz CT molecular complexity index is 878. The van der Waals surface area contributed by atoms with Crippen LogP contribution in [-0.4, -0.2) is 34.0 Å². The number of piperidine rings is 1. The Morgan fingerprint density at radius 1 is 1.00 bits per heavy atom. The van der Waals surface area contributed by atoms with E-state index in [-0.39, 0.29) is 24.9 Å². The molecule has 2 aromatic rings. The number of carbonyl (C=O) groups is 1. The quantitative estimate of drug-likeness (QED) is 0.786. The summed E-state index contributed by atoms with van der Waals surface area (Å²) in [7, 11) is 0. The van der Waals surface area contributed by atoms with Crippen LogP contribution in [0.25, 0.3) is 0 Å². The van der Waals surface area contributed by atoms with E-state index in [1.807, 2.05) is 12.1 Å². The predicted octanol–water partition coefficient (Wildman–Crippen LogP) is 3.25. The van der Waals surface area contributed by atoms with Gasteiger partial charge in [-0.25, -0.2) is 0 Å². The van der Waals surface area contributed by atoms with E-state index >= 15 is 0 Å². The number of aliphatic hydroxyl groups is 2. The molecule has 2 aromatic carbocycles. The van der Waals surface area contributed by atoms with Gasteiger partial charge in [0.05, 0.1) is 13.2 Å². The Balaban J connectivity index is 1.41. The molecular formula is C24H27NO3. The summed E-state index contributed by atoms with van der Waals surface area (Å²) < 4.78 is 0. The van der Waals surface area contributed by atoms with Crippen LogP contribution in [-0.2, 0) is 26.2 Å². The number of ketones is 1. The third-order valence-electron chi connectivity index (χ3n) is 5.99. The zero-order valence-corrected chi connectivity index (χ0v) is 16.1. The van der Waals surface area contributed by atoms with E-state index in [4.69, 9.17) is 0 Å². The highest BCUT2D eigenvalue weighted by Crippen LogP contribution is 2.32. The van der Waals surface area contributed by atoms with Crippen LogP contribution in [0.5, 0.6) is 0 Å². The number of likely N-dealkylation sites (tertiary alicyclic amines) is 1. The molecule has 1 unspecified atom stereocenters. The molecule has 146 valence electrons. The maximum Gasteiger partial charge on any atom is 0.170 e. The van der Waals surface area contributed by atoms with E-state index in [1.165, 1.54) is 11.1 Å². The van der Waals surface area contributed by atoms with Crippen LogP contribution in [0.1, 0.15) is 45.5 Å².